The third-order valence-electron chi connectivity index (χ3n) is 5.38. The number of benzene rings is 2. The molecule has 9 heteroatoms. The normalized spacial score (nSPS) is 16.3. The van der Waals surface area contributed by atoms with E-state index in [-0.39, 0.29) is 16.6 Å². The molecule has 0 saturated carbocycles. The van der Waals surface area contributed by atoms with Crippen molar-refractivity contribution >= 4 is 21.8 Å². The van der Waals surface area contributed by atoms with Gasteiger partial charge in [-0.3, -0.25) is 15.2 Å². The van der Waals surface area contributed by atoms with Crippen LogP contribution in [0.5, 0.6) is 0 Å². The van der Waals surface area contributed by atoms with Gasteiger partial charge in [0.05, 0.1) is 4.90 Å². The minimum atomic E-state index is -3.84. The number of sulfonamides is 1. The molecule has 0 spiro atoms. The van der Waals surface area contributed by atoms with Gasteiger partial charge in [-0.1, -0.05) is 30.3 Å². The second kappa shape index (κ2) is 8.89. The van der Waals surface area contributed by atoms with Crippen molar-refractivity contribution in [2.24, 2.45) is 5.73 Å². The Hall–Kier alpha value is -3.56. The number of nitrogens with two attached hydrogens (primary N) is 1. The molecule has 1 atom stereocenters. The maximum absolute atomic E-state index is 12.8. The van der Waals surface area contributed by atoms with Gasteiger partial charge >= 0.3 is 0 Å². The zero-order valence-corrected chi connectivity index (χ0v) is 18.0. The molecule has 1 saturated heterocycles. The van der Waals surface area contributed by atoms with Gasteiger partial charge in [-0.2, -0.15) is 4.72 Å². The van der Waals surface area contributed by atoms with Gasteiger partial charge in [-0.25, -0.2) is 8.42 Å². The summed E-state index contributed by atoms with van der Waals surface area (Å²) in [6, 6.07) is 16.5. The summed E-state index contributed by atoms with van der Waals surface area (Å²) in [5.74, 6) is -0.310. The zero-order chi connectivity index (χ0) is 22.7. The van der Waals surface area contributed by atoms with Crippen LogP contribution in [0.2, 0.25) is 0 Å². The number of nitrogens with zero attached hydrogens (tertiary/aromatic N) is 2. The van der Waals surface area contributed by atoms with Gasteiger partial charge < -0.3 is 10.6 Å². The van der Waals surface area contributed by atoms with Gasteiger partial charge in [0, 0.05) is 31.0 Å². The van der Waals surface area contributed by atoms with E-state index in [0.717, 1.165) is 16.7 Å². The fourth-order valence-corrected chi connectivity index (χ4v) is 4.91. The Balaban J connectivity index is 1.43. The van der Waals surface area contributed by atoms with Crippen molar-refractivity contribution in [3.8, 4) is 11.1 Å². The summed E-state index contributed by atoms with van der Waals surface area (Å²) in [5.41, 5.74) is 8.76. The van der Waals surface area contributed by atoms with Crippen LogP contribution in [-0.2, 0) is 21.4 Å². The Labute approximate surface area is 186 Å². The number of hydrogen-bond donors (Lipinski definition) is 3. The number of carbonyl (C=O) groups excluding carboxylic acids is 1. The van der Waals surface area contributed by atoms with Crippen molar-refractivity contribution in [1.29, 1.82) is 5.41 Å². The summed E-state index contributed by atoms with van der Waals surface area (Å²) in [7, 11) is -3.84. The second-order valence-corrected chi connectivity index (χ2v) is 9.31. The molecule has 8 nitrogen and oxygen atoms in total. The van der Waals surface area contributed by atoms with Gasteiger partial charge in [0.2, 0.25) is 15.9 Å². The van der Waals surface area contributed by atoms with E-state index in [1.807, 2.05) is 18.2 Å². The highest BCUT2D eigenvalue weighted by Crippen LogP contribution is 2.22. The molecule has 0 bridgehead atoms. The van der Waals surface area contributed by atoms with Crippen LogP contribution in [0.3, 0.4) is 0 Å². The quantitative estimate of drug-likeness (QED) is 0.376. The second-order valence-electron chi connectivity index (χ2n) is 7.60. The van der Waals surface area contributed by atoms with Crippen LogP contribution in [0.1, 0.15) is 17.5 Å². The van der Waals surface area contributed by atoms with Crippen molar-refractivity contribution < 1.29 is 13.2 Å². The molecule has 1 aromatic heterocycles. The molecule has 1 amide bonds. The predicted molar refractivity (Wildman–Crippen MR) is 121 cm³/mol. The molecule has 0 unspecified atom stereocenters. The summed E-state index contributed by atoms with van der Waals surface area (Å²) in [6.07, 6.45) is 3.74. The predicted octanol–water partition coefficient (Wildman–Crippen LogP) is 2.11. The molecule has 1 aliphatic rings. The van der Waals surface area contributed by atoms with Crippen molar-refractivity contribution in [3.63, 3.8) is 0 Å². The van der Waals surface area contributed by atoms with Gasteiger partial charge in [-0.15, -0.1) is 0 Å². The first-order valence-electron chi connectivity index (χ1n) is 10.1. The Bertz CT molecular complexity index is 1240. The lowest BCUT2D eigenvalue weighted by molar-refractivity contribution is -0.129. The van der Waals surface area contributed by atoms with Gasteiger partial charge in [0.15, 0.2) is 0 Å². The monoisotopic (exact) mass is 449 g/mol. The molecule has 1 aliphatic heterocycles. The molecular formula is C23H23N5O3S. The molecule has 32 heavy (non-hydrogen) atoms. The largest absolute Gasteiger partial charge is 0.384 e. The number of hydrogen-bond acceptors (Lipinski definition) is 5. The van der Waals surface area contributed by atoms with Crippen LogP contribution in [0.4, 0.5) is 0 Å². The zero-order valence-electron chi connectivity index (χ0n) is 17.2. The van der Waals surface area contributed by atoms with E-state index in [4.69, 9.17) is 11.1 Å². The van der Waals surface area contributed by atoms with E-state index in [1.165, 1.54) is 12.1 Å². The topological polar surface area (TPSA) is 129 Å². The summed E-state index contributed by atoms with van der Waals surface area (Å²) in [5, 5.41) is 7.55. The molecule has 0 radical (unpaired) electrons. The lowest BCUT2D eigenvalue weighted by atomic mass is 10.1. The van der Waals surface area contributed by atoms with Crippen molar-refractivity contribution in [2.75, 3.05) is 6.54 Å². The Morgan fingerprint density at radius 1 is 1.09 bits per heavy atom. The number of amidine groups is 1. The molecule has 1 fully saturated rings. The maximum Gasteiger partial charge on any atom is 0.241 e. The first-order valence-corrected chi connectivity index (χ1v) is 11.6. The highest BCUT2D eigenvalue weighted by atomic mass is 32.2. The SMILES string of the molecule is N=C(N)c1cccc(CN2CC[C@H](NS(=O)(=O)c3ccc(-c4ccncc4)cc3)C2=O)c1. The van der Waals surface area contributed by atoms with Crippen LogP contribution in [-0.4, -0.2) is 42.6 Å². The average Bonchev–Trinajstić information content (AvgIpc) is 3.13. The molecule has 0 aliphatic carbocycles. The van der Waals surface area contributed by atoms with E-state index in [9.17, 15) is 13.2 Å². The molecule has 3 aromatic rings. The number of nitrogens with one attached hydrogen (secondary N) is 2. The van der Waals surface area contributed by atoms with Gasteiger partial charge in [0.1, 0.15) is 11.9 Å². The number of nitrogen functional groups attached to an aromatic ring is 1. The molecule has 164 valence electrons. The smallest absolute Gasteiger partial charge is 0.241 e. The molecule has 4 N–H and O–H groups in total. The van der Waals surface area contributed by atoms with Gasteiger partial charge in [-0.05, 0) is 53.4 Å². The van der Waals surface area contributed by atoms with Crippen LogP contribution >= 0.6 is 0 Å². The third-order valence-corrected chi connectivity index (χ3v) is 6.87. The van der Waals surface area contributed by atoms with E-state index in [0.29, 0.717) is 25.1 Å². The Kier molecular flexibility index (Phi) is 6.02. The molecule has 2 heterocycles. The van der Waals surface area contributed by atoms with Crippen LogP contribution in [0.25, 0.3) is 11.1 Å². The maximum atomic E-state index is 12.8. The third kappa shape index (κ3) is 4.68. The summed E-state index contributed by atoms with van der Waals surface area (Å²) < 4.78 is 28.2. The lowest BCUT2D eigenvalue weighted by Gasteiger charge is -2.18. The number of aromatic nitrogens is 1. The summed E-state index contributed by atoms with van der Waals surface area (Å²) >= 11 is 0. The van der Waals surface area contributed by atoms with E-state index < -0.39 is 16.1 Å². The van der Waals surface area contributed by atoms with Crippen LogP contribution < -0.4 is 10.5 Å². The molecular weight excluding hydrogens is 426 g/mol. The van der Waals surface area contributed by atoms with E-state index in [2.05, 4.69) is 9.71 Å². The molecule has 2 aromatic carbocycles. The fraction of sp³-hybridized carbons (Fsp3) is 0.174. The summed E-state index contributed by atoms with van der Waals surface area (Å²) in [6.45, 7) is 0.774. The highest BCUT2D eigenvalue weighted by molar-refractivity contribution is 7.89. The minimum absolute atomic E-state index is 0.0415. The fourth-order valence-electron chi connectivity index (χ4n) is 3.69. The van der Waals surface area contributed by atoms with Crippen LogP contribution in [0.15, 0.2) is 78.0 Å². The lowest BCUT2D eigenvalue weighted by Crippen LogP contribution is -2.41. The number of amides is 1. The molecule has 4 rings (SSSR count). The Morgan fingerprint density at radius 2 is 1.78 bits per heavy atom. The van der Waals surface area contributed by atoms with Crippen molar-refractivity contribution in [3.05, 3.63) is 84.2 Å². The first-order chi connectivity index (χ1) is 15.3. The summed E-state index contributed by atoms with van der Waals surface area (Å²) in [4.78, 5) is 18.5. The number of pyridine rings is 1. The van der Waals surface area contributed by atoms with Gasteiger partial charge in [0.25, 0.3) is 0 Å². The number of likely N-dealkylation sites (tertiary alicyclic amines) is 1. The van der Waals surface area contributed by atoms with E-state index in [1.54, 1.807) is 47.6 Å². The van der Waals surface area contributed by atoms with Crippen molar-refractivity contribution in [2.45, 2.75) is 23.9 Å². The van der Waals surface area contributed by atoms with E-state index >= 15 is 0 Å². The first kappa shape index (κ1) is 21.7. The number of carbonyl (C=O) groups is 1. The van der Waals surface area contributed by atoms with Crippen molar-refractivity contribution in [1.82, 2.24) is 14.6 Å². The Morgan fingerprint density at radius 3 is 2.47 bits per heavy atom. The standard InChI is InChI=1S/C23H23N5O3S/c24-22(25)19-3-1-2-16(14-19)15-28-13-10-21(23(28)29)27-32(30,31)20-6-4-17(5-7-20)18-8-11-26-12-9-18/h1-9,11-12,14,21,27H,10,13,15H2,(H3,24,25)/t21-/m0/s1. The van der Waals surface area contributed by atoms with Crippen LogP contribution in [0, 0.1) is 5.41 Å². The highest BCUT2D eigenvalue weighted by Gasteiger charge is 2.34. The average molecular weight is 450 g/mol. The minimum Gasteiger partial charge on any atom is -0.384 e. The number of rotatable bonds is 7.